The van der Waals surface area contributed by atoms with Gasteiger partial charge in [-0.1, -0.05) is 0 Å². The maximum Gasteiger partial charge on any atom is 0.100 e. The number of hydrogen-bond donors (Lipinski definition) is 3. The van der Waals surface area contributed by atoms with Crippen molar-refractivity contribution < 1.29 is 20.1 Å². The molecule has 64 valence electrons. The Morgan fingerprint density at radius 2 is 1.60 bits per heavy atom. The minimum Gasteiger partial charge on any atom is -0.394 e. The molecule has 0 aliphatic carbocycles. The van der Waals surface area contributed by atoms with Gasteiger partial charge in [-0.25, -0.2) is 0 Å². The van der Waals surface area contributed by atoms with E-state index in [1.54, 1.807) is 7.11 Å². The van der Waals surface area contributed by atoms with Crippen LogP contribution in [0.4, 0.5) is 0 Å². The molecule has 0 bridgehead atoms. The van der Waals surface area contributed by atoms with E-state index >= 15 is 0 Å². The van der Waals surface area contributed by atoms with E-state index in [0.717, 1.165) is 6.61 Å². The zero-order valence-corrected chi connectivity index (χ0v) is 6.45. The molecular weight excluding hydrogens is 136 g/mol. The molecule has 10 heavy (non-hydrogen) atoms. The molecule has 0 heterocycles. The van der Waals surface area contributed by atoms with Crippen LogP contribution in [0.5, 0.6) is 0 Å². The average Bonchev–Trinajstić information content (AvgIpc) is 2.03. The standard InChI is InChI=1S/C3H8O3.C3H8O/c4-1-3(6)2-5;1-3-4-2/h3-6H,1-2H2;3H2,1-2H3. The molecule has 0 saturated carbocycles. The Hall–Kier alpha value is -0.160. The van der Waals surface area contributed by atoms with Gasteiger partial charge in [-0.3, -0.25) is 0 Å². The third kappa shape index (κ3) is 15.7. The molecule has 0 unspecified atom stereocenters. The van der Waals surface area contributed by atoms with Crippen LogP contribution >= 0.6 is 0 Å². The largest absolute Gasteiger partial charge is 0.394 e. The SMILES string of the molecule is CCOC.OCC(O)CO. The molecular formula is C6H16O4. The van der Waals surface area contributed by atoms with E-state index < -0.39 is 6.10 Å². The fourth-order valence-electron chi connectivity index (χ4n) is 0.0577. The van der Waals surface area contributed by atoms with Crippen LogP contribution in [0.3, 0.4) is 0 Å². The highest BCUT2D eigenvalue weighted by Gasteiger charge is 1.93. The first-order valence-corrected chi connectivity index (χ1v) is 3.11. The first-order valence-electron chi connectivity index (χ1n) is 3.11. The van der Waals surface area contributed by atoms with Gasteiger partial charge in [0.15, 0.2) is 0 Å². The molecule has 4 nitrogen and oxygen atoms in total. The van der Waals surface area contributed by atoms with Crippen molar-refractivity contribution in [3.63, 3.8) is 0 Å². The van der Waals surface area contributed by atoms with Crippen molar-refractivity contribution in [2.24, 2.45) is 0 Å². The van der Waals surface area contributed by atoms with Gasteiger partial charge in [-0.05, 0) is 6.92 Å². The summed E-state index contributed by atoms with van der Waals surface area (Å²) in [5.74, 6) is 0. The quantitative estimate of drug-likeness (QED) is 0.484. The summed E-state index contributed by atoms with van der Waals surface area (Å²) in [5, 5.41) is 24.0. The monoisotopic (exact) mass is 152 g/mol. The summed E-state index contributed by atoms with van der Waals surface area (Å²) < 4.78 is 4.54. The van der Waals surface area contributed by atoms with Crippen molar-refractivity contribution in [2.75, 3.05) is 26.9 Å². The second kappa shape index (κ2) is 11.6. The Bertz CT molecular complexity index is 43.0. The first kappa shape index (κ1) is 12.5. The predicted molar refractivity (Wildman–Crippen MR) is 37.7 cm³/mol. The van der Waals surface area contributed by atoms with E-state index in [1.807, 2.05) is 6.92 Å². The number of methoxy groups -OCH3 is 1. The molecule has 0 aliphatic rings. The second-order valence-electron chi connectivity index (χ2n) is 1.60. The second-order valence-corrected chi connectivity index (χ2v) is 1.60. The van der Waals surface area contributed by atoms with Crippen LogP contribution in [-0.4, -0.2) is 48.4 Å². The van der Waals surface area contributed by atoms with Gasteiger partial charge >= 0.3 is 0 Å². The number of aliphatic hydroxyl groups is 3. The molecule has 0 aromatic rings. The molecule has 0 spiro atoms. The molecule has 0 aromatic heterocycles. The Labute approximate surface area is 61.1 Å². The highest BCUT2D eigenvalue weighted by Crippen LogP contribution is 1.71. The summed E-state index contributed by atoms with van der Waals surface area (Å²) in [4.78, 5) is 0. The summed E-state index contributed by atoms with van der Waals surface area (Å²) in [6, 6.07) is 0. The smallest absolute Gasteiger partial charge is 0.100 e. The van der Waals surface area contributed by atoms with E-state index in [1.165, 1.54) is 0 Å². The van der Waals surface area contributed by atoms with Crippen molar-refractivity contribution in [3.8, 4) is 0 Å². The van der Waals surface area contributed by atoms with Crippen LogP contribution in [0.25, 0.3) is 0 Å². The van der Waals surface area contributed by atoms with E-state index in [2.05, 4.69) is 4.74 Å². The van der Waals surface area contributed by atoms with E-state index in [0.29, 0.717) is 0 Å². The highest BCUT2D eigenvalue weighted by molar-refractivity contribution is 4.43. The van der Waals surface area contributed by atoms with Crippen LogP contribution in [0.2, 0.25) is 0 Å². The third-order valence-corrected chi connectivity index (χ3v) is 0.710. The van der Waals surface area contributed by atoms with Gasteiger partial charge in [-0.2, -0.15) is 0 Å². The topological polar surface area (TPSA) is 69.9 Å². The minimum atomic E-state index is -0.954. The summed E-state index contributed by atoms with van der Waals surface area (Å²) in [6.45, 7) is 2.05. The predicted octanol–water partition coefficient (Wildman–Crippen LogP) is -1.02. The summed E-state index contributed by atoms with van der Waals surface area (Å²) >= 11 is 0. The van der Waals surface area contributed by atoms with Gasteiger partial charge in [-0.15, -0.1) is 0 Å². The molecule has 0 aliphatic heterocycles. The lowest BCUT2D eigenvalue weighted by atomic mass is 10.4. The van der Waals surface area contributed by atoms with Crippen LogP contribution in [0.15, 0.2) is 0 Å². The van der Waals surface area contributed by atoms with Crippen LogP contribution in [0.1, 0.15) is 6.92 Å². The van der Waals surface area contributed by atoms with E-state index in [9.17, 15) is 0 Å². The van der Waals surface area contributed by atoms with Crippen molar-refractivity contribution >= 4 is 0 Å². The molecule has 3 N–H and O–H groups in total. The normalized spacial score (nSPS) is 9.00. The molecule has 0 amide bonds. The van der Waals surface area contributed by atoms with Crippen LogP contribution in [-0.2, 0) is 4.74 Å². The van der Waals surface area contributed by atoms with Crippen LogP contribution < -0.4 is 0 Å². The Kier molecular flexibility index (Phi) is 14.5. The van der Waals surface area contributed by atoms with Crippen molar-refractivity contribution in [1.82, 2.24) is 0 Å². The van der Waals surface area contributed by atoms with E-state index in [-0.39, 0.29) is 13.2 Å². The third-order valence-electron chi connectivity index (χ3n) is 0.710. The number of ether oxygens (including phenoxy) is 1. The fourth-order valence-corrected chi connectivity index (χ4v) is 0.0577. The lowest BCUT2D eigenvalue weighted by molar-refractivity contribution is 0.0450. The van der Waals surface area contributed by atoms with Gasteiger partial charge in [0.25, 0.3) is 0 Å². The minimum absolute atomic E-state index is 0.365. The highest BCUT2D eigenvalue weighted by atomic mass is 16.5. The molecule has 0 saturated heterocycles. The van der Waals surface area contributed by atoms with Crippen molar-refractivity contribution in [1.29, 1.82) is 0 Å². The van der Waals surface area contributed by atoms with Gasteiger partial charge in [0.1, 0.15) is 6.10 Å². The Balaban J connectivity index is 0. The Morgan fingerprint density at radius 1 is 1.30 bits per heavy atom. The Morgan fingerprint density at radius 3 is 1.60 bits per heavy atom. The van der Waals surface area contributed by atoms with Crippen molar-refractivity contribution in [2.45, 2.75) is 13.0 Å². The summed E-state index contributed by atoms with van der Waals surface area (Å²) in [7, 11) is 1.68. The zero-order valence-electron chi connectivity index (χ0n) is 6.45. The van der Waals surface area contributed by atoms with Gasteiger partial charge < -0.3 is 20.1 Å². The summed E-state index contributed by atoms with van der Waals surface area (Å²) in [5.41, 5.74) is 0. The first-order chi connectivity index (χ1) is 4.72. The number of hydrogen-bond acceptors (Lipinski definition) is 4. The molecule has 0 atom stereocenters. The molecule has 0 rings (SSSR count). The van der Waals surface area contributed by atoms with Gasteiger partial charge in [0, 0.05) is 13.7 Å². The van der Waals surface area contributed by atoms with Crippen molar-refractivity contribution in [3.05, 3.63) is 0 Å². The molecule has 4 heteroatoms. The summed E-state index contributed by atoms with van der Waals surface area (Å²) in [6.07, 6.45) is -0.954. The number of aliphatic hydroxyl groups excluding tert-OH is 3. The molecule has 0 aromatic carbocycles. The maximum atomic E-state index is 8.17. The average molecular weight is 152 g/mol. The van der Waals surface area contributed by atoms with E-state index in [4.69, 9.17) is 15.3 Å². The molecule has 0 radical (unpaired) electrons. The van der Waals surface area contributed by atoms with Gasteiger partial charge in [0.05, 0.1) is 13.2 Å². The lowest BCUT2D eigenvalue weighted by Crippen LogP contribution is -2.15. The number of rotatable bonds is 3. The fraction of sp³-hybridized carbons (Fsp3) is 1.00. The zero-order chi connectivity index (χ0) is 8.41. The van der Waals surface area contributed by atoms with Crippen LogP contribution in [0, 0.1) is 0 Å². The lowest BCUT2D eigenvalue weighted by Gasteiger charge is -1.96. The maximum absolute atomic E-state index is 8.17. The molecule has 0 fully saturated rings. The van der Waals surface area contributed by atoms with Gasteiger partial charge in [0.2, 0.25) is 0 Å².